The van der Waals surface area contributed by atoms with Gasteiger partial charge in [0.05, 0.1) is 7.11 Å². The van der Waals surface area contributed by atoms with Crippen LogP contribution in [0.3, 0.4) is 0 Å². The Balaban J connectivity index is 2.58. The largest absolute Gasteiger partial charge is 0.497 e. The average Bonchev–Trinajstić information content (AvgIpc) is 2.15. The van der Waals surface area contributed by atoms with Crippen molar-refractivity contribution in [1.29, 1.82) is 0 Å². The van der Waals surface area contributed by atoms with Crippen LogP contribution in [0.2, 0.25) is 0 Å². The number of rotatable bonds is 4. The Morgan fingerprint density at radius 1 is 1.25 bits per heavy atom. The Kier molecular flexibility index (Phi) is 2.95. The minimum atomic E-state index is 0.463. The fourth-order valence-electron chi connectivity index (χ4n) is 0.736. The maximum Gasteiger partial charge on any atom is 0.239 e. The zero-order chi connectivity index (χ0) is 8.81. The SMILES string of the molecule is COc1ccc(ONC=O)cc1. The minimum absolute atomic E-state index is 0.463. The summed E-state index contributed by atoms with van der Waals surface area (Å²) in [7, 11) is 1.58. The topological polar surface area (TPSA) is 47.6 Å². The van der Waals surface area contributed by atoms with Gasteiger partial charge in [-0.15, -0.1) is 0 Å². The van der Waals surface area contributed by atoms with Crippen LogP contribution in [0.4, 0.5) is 0 Å². The summed E-state index contributed by atoms with van der Waals surface area (Å²) in [5.74, 6) is 1.30. The summed E-state index contributed by atoms with van der Waals surface area (Å²) >= 11 is 0. The Morgan fingerprint density at radius 2 is 1.83 bits per heavy atom. The van der Waals surface area contributed by atoms with Gasteiger partial charge in [0.2, 0.25) is 6.41 Å². The van der Waals surface area contributed by atoms with Crippen molar-refractivity contribution in [3.8, 4) is 11.5 Å². The summed E-state index contributed by atoms with van der Waals surface area (Å²) in [6.07, 6.45) is 0.463. The van der Waals surface area contributed by atoms with E-state index in [0.717, 1.165) is 5.75 Å². The summed E-state index contributed by atoms with van der Waals surface area (Å²) in [5, 5.41) is 0. The maximum atomic E-state index is 9.84. The summed E-state index contributed by atoms with van der Waals surface area (Å²) < 4.78 is 4.93. The maximum absolute atomic E-state index is 9.84. The molecule has 0 radical (unpaired) electrons. The van der Waals surface area contributed by atoms with Crippen molar-refractivity contribution in [2.24, 2.45) is 0 Å². The molecule has 0 bridgehead atoms. The van der Waals surface area contributed by atoms with Crippen molar-refractivity contribution in [1.82, 2.24) is 5.48 Å². The number of ether oxygens (including phenoxy) is 1. The summed E-state index contributed by atoms with van der Waals surface area (Å²) in [6, 6.07) is 6.86. The van der Waals surface area contributed by atoms with Crippen LogP contribution in [-0.4, -0.2) is 13.5 Å². The molecule has 0 aliphatic heterocycles. The van der Waals surface area contributed by atoms with Crippen molar-refractivity contribution in [2.45, 2.75) is 0 Å². The van der Waals surface area contributed by atoms with E-state index in [2.05, 4.69) is 5.48 Å². The smallest absolute Gasteiger partial charge is 0.239 e. The van der Waals surface area contributed by atoms with Crippen molar-refractivity contribution in [3.63, 3.8) is 0 Å². The quantitative estimate of drug-likeness (QED) is 0.531. The third-order valence-electron chi connectivity index (χ3n) is 1.28. The molecular formula is C8H9NO3. The third-order valence-corrected chi connectivity index (χ3v) is 1.28. The molecule has 1 aromatic rings. The van der Waals surface area contributed by atoms with Gasteiger partial charge in [-0.25, -0.2) is 0 Å². The Labute approximate surface area is 70.1 Å². The molecule has 0 spiro atoms. The standard InChI is InChI=1S/C8H9NO3/c1-11-7-2-4-8(5-3-7)12-9-6-10/h2-6H,1H3,(H,9,10). The second-order valence-corrected chi connectivity index (χ2v) is 2.01. The highest BCUT2D eigenvalue weighted by molar-refractivity contribution is 5.44. The Hall–Kier alpha value is -1.71. The Bertz CT molecular complexity index is 245. The molecule has 4 nitrogen and oxygen atoms in total. The molecule has 1 N–H and O–H groups in total. The lowest BCUT2D eigenvalue weighted by Crippen LogP contribution is -2.15. The fourth-order valence-corrected chi connectivity index (χ4v) is 0.736. The summed E-state index contributed by atoms with van der Waals surface area (Å²) in [5.41, 5.74) is 2.08. The molecule has 0 aliphatic rings. The molecule has 0 saturated heterocycles. The van der Waals surface area contributed by atoms with E-state index in [1.165, 1.54) is 0 Å². The lowest BCUT2D eigenvalue weighted by molar-refractivity contribution is -0.115. The van der Waals surface area contributed by atoms with Crippen molar-refractivity contribution < 1.29 is 14.4 Å². The third kappa shape index (κ3) is 2.16. The molecule has 0 heterocycles. The second kappa shape index (κ2) is 4.23. The highest BCUT2D eigenvalue weighted by Crippen LogP contribution is 2.15. The van der Waals surface area contributed by atoms with E-state index in [0.29, 0.717) is 12.2 Å². The molecule has 4 heteroatoms. The van der Waals surface area contributed by atoms with Crippen LogP contribution in [0, 0.1) is 0 Å². The number of carbonyl (C=O) groups is 1. The van der Waals surface area contributed by atoms with Crippen LogP contribution in [0.5, 0.6) is 11.5 Å². The summed E-state index contributed by atoms with van der Waals surface area (Å²) in [4.78, 5) is 14.6. The van der Waals surface area contributed by atoms with E-state index in [1.54, 1.807) is 31.4 Å². The van der Waals surface area contributed by atoms with E-state index in [-0.39, 0.29) is 0 Å². The lowest BCUT2D eigenvalue weighted by Gasteiger charge is -2.02. The number of benzene rings is 1. The number of methoxy groups -OCH3 is 1. The van der Waals surface area contributed by atoms with E-state index in [1.807, 2.05) is 0 Å². The molecule has 1 aromatic carbocycles. The molecule has 0 unspecified atom stereocenters. The van der Waals surface area contributed by atoms with Gasteiger partial charge in [0.25, 0.3) is 0 Å². The number of hydroxylamine groups is 1. The first-order valence-electron chi connectivity index (χ1n) is 3.37. The zero-order valence-corrected chi connectivity index (χ0v) is 6.61. The van der Waals surface area contributed by atoms with Gasteiger partial charge in [0.15, 0.2) is 5.75 Å². The predicted octanol–water partition coefficient (Wildman–Crippen LogP) is 0.735. The van der Waals surface area contributed by atoms with Crippen LogP contribution in [0.15, 0.2) is 24.3 Å². The molecule has 12 heavy (non-hydrogen) atoms. The Morgan fingerprint density at radius 3 is 2.33 bits per heavy atom. The monoisotopic (exact) mass is 167 g/mol. The molecule has 64 valence electrons. The van der Waals surface area contributed by atoms with Gasteiger partial charge in [-0.3, -0.25) is 4.79 Å². The molecule has 0 fully saturated rings. The van der Waals surface area contributed by atoms with Crippen molar-refractivity contribution >= 4 is 6.41 Å². The van der Waals surface area contributed by atoms with E-state index in [9.17, 15) is 4.79 Å². The molecule has 0 aliphatic carbocycles. The van der Waals surface area contributed by atoms with Crippen LogP contribution in [0.1, 0.15) is 0 Å². The normalized spacial score (nSPS) is 8.75. The first kappa shape index (κ1) is 8.39. The van der Waals surface area contributed by atoms with Gasteiger partial charge in [-0.2, -0.15) is 5.48 Å². The molecule has 1 amide bonds. The second-order valence-electron chi connectivity index (χ2n) is 2.01. The van der Waals surface area contributed by atoms with Crippen molar-refractivity contribution in [3.05, 3.63) is 24.3 Å². The highest BCUT2D eigenvalue weighted by Gasteiger charge is 1.92. The number of carbonyl (C=O) groups excluding carboxylic acids is 1. The van der Waals surface area contributed by atoms with Crippen LogP contribution >= 0.6 is 0 Å². The predicted molar refractivity (Wildman–Crippen MR) is 42.8 cm³/mol. The summed E-state index contributed by atoms with van der Waals surface area (Å²) in [6.45, 7) is 0. The van der Waals surface area contributed by atoms with Crippen molar-refractivity contribution in [2.75, 3.05) is 7.11 Å². The van der Waals surface area contributed by atoms with Gasteiger partial charge < -0.3 is 9.57 Å². The lowest BCUT2D eigenvalue weighted by atomic mass is 10.3. The molecule has 0 saturated carbocycles. The van der Waals surface area contributed by atoms with Gasteiger partial charge in [-0.05, 0) is 24.3 Å². The minimum Gasteiger partial charge on any atom is -0.497 e. The van der Waals surface area contributed by atoms with E-state index in [4.69, 9.17) is 9.57 Å². The number of nitrogens with one attached hydrogen (secondary N) is 1. The number of hydrogen-bond acceptors (Lipinski definition) is 3. The highest BCUT2D eigenvalue weighted by atomic mass is 16.7. The van der Waals surface area contributed by atoms with Gasteiger partial charge in [0, 0.05) is 0 Å². The molecular weight excluding hydrogens is 158 g/mol. The number of hydrogen-bond donors (Lipinski definition) is 1. The van der Waals surface area contributed by atoms with E-state index >= 15 is 0 Å². The zero-order valence-electron chi connectivity index (χ0n) is 6.61. The number of amides is 1. The van der Waals surface area contributed by atoms with Crippen LogP contribution in [-0.2, 0) is 4.79 Å². The van der Waals surface area contributed by atoms with Gasteiger partial charge >= 0.3 is 0 Å². The molecule has 0 aromatic heterocycles. The van der Waals surface area contributed by atoms with Gasteiger partial charge in [-0.1, -0.05) is 0 Å². The fraction of sp³-hybridized carbons (Fsp3) is 0.125. The van der Waals surface area contributed by atoms with Gasteiger partial charge in [0.1, 0.15) is 5.75 Å². The van der Waals surface area contributed by atoms with E-state index < -0.39 is 0 Å². The van der Waals surface area contributed by atoms with Crippen LogP contribution in [0.25, 0.3) is 0 Å². The molecule has 0 atom stereocenters. The van der Waals surface area contributed by atoms with Crippen LogP contribution < -0.4 is 15.1 Å². The average molecular weight is 167 g/mol. The first-order chi connectivity index (χ1) is 5.86. The molecule has 1 rings (SSSR count). The first-order valence-corrected chi connectivity index (χ1v) is 3.37.